The Hall–Kier alpha value is -2.66. The molecule has 0 spiro atoms. The molecule has 1 aliphatic heterocycles. The van der Waals surface area contributed by atoms with E-state index in [-0.39, 0.29) is 11.8 Å². The molecule has 0 saturated carbocycles. The van der Waals surface area contributed by atoms with Gasteiger partial charge in [-0.15, -0.1) is 0 Å². The van der Waals surface area contributed by atoms with Crippen molar-refractivity contribution in [3.8, 4) is 0 Å². The first-order valence-corrected chi connectivity index (χ1v) is 10.6. The normalized spacial score (nSPS) is 15.9. The molecule has 3 aromatic rings. The summed E-state index contributed by atoms with van der Waals surface area (Å²) >= 11 is 0. The number of nitrogens with one attached hydrogen (secondary N) is 1. The van der Waals surface area contributed by atoms with Crippen molar-refractivity contribution >= 4 is 22.6 Å². The number of benzene rings is 2. The smallest absolute Gasteiger partial charge is 0.227 e. The molecule has 0 aliphatic carbocycles. The molecule has 1 N–H and O–H groups in total. The average molecular weight is 391 g/mol. The van der Waals surface area contributed by atoms with Crippen LogP contribution in [0.25, 0.3) is 11.0 Å². The number of anilines is 1. The maximum atomic E-state index is 12.8. The van der Waals surface area contributed by atoms with Gasteiger partial charge in [0.1, 0.15) is 5.82 Å². The zero-order chi connectivity index (χ0) is 20.4. The van der Waals surface area contributed by atoms with Crippen LogP contribution in [0.15, 0.2) is 48.5 Å². The Morgan fingerprint density at radius 3 is 2.52 bits per heavy atom. The van der Waals surface area contributed by atoms with Crippen molar-refractivity contribution in [2.45, 2.75) is 39.2 Å². The van der Waals surface area contributed by atoms with Crippen molar-refractivity contribution in [3.05, 3.63) is 59.9 Å². The molecule has 2 aromatic carbocycles. The van der Waals surface area contributed by atoms with E-state index in [9.17, 15) is 4.79 Å². The average Bonchev–Trinajstić information content (AvgIpc) is 3.04. The summed E-state index contributed by atoms with van der Waals surface area (Å²) < 4.78 is 2.18. The van der Waals surface area contributed by atoms with E-state index in [4.69, 9.17) is 4.98 Å². The SMILES string of the molecule is CC(C)c1ccccc1NC(=O)C1CCN(Cc2nc3ccccc3n2C)CC1. The fraction of sp³-hybridized carbons (Fsp3) is 0.417. The highest BCUT2D eigenvalue weighted by molar-refractivity contribution is 5.93. The van der Waals surface area contributed by atoms with Gasteiger partial charge in [0.15, 0.2) is 0 Å². The first-order chi connectivity index (χ1) is 14.0. The van der Waals surface area contributed by atoms with Crippen molar-refractivity contribution in [1.29, 1.82) is 0 Å². The third-order valence-corrected chi connectivity index (χ3v) is 6.04. The summed E-state index contributed by atoms with van der Waals surface area (Å²) in [5, 5.41) is 3.18. The van der Waals surface area contributed by atoms with Crippen molar-refractivity contribution < 1.29 is 4.79 Å². The first-order valence-electron chi connectivity index (χ1n) is 10.6. The van der Waals surface area contributed by atoms with Crippen molar-refractivity contribution in [3.63, 3.8) is 0 Å². The number of imidazole rings is 1. The Morgan fingerprint density at radius 1 is 1.10 bits per heavy atom. The van der Waals surface area contributed by atoms with Crippen molar-refractivity contribution in [1.82, 2.24) is 14.5 Å². The first kappa shape index (κ1) is 19.6. The van der Waals surface area contributed by atoms with Crippen LogP contribution in [-0.4, -0.2) is 33.4 Å². The molecule has 1 saturated heterocycles. The number of fused-ring (bicyclic) bond motifs is 1. The van der Waals surface area contributed by atoms with E-state index in [1.165, 1.54) is 11.1 Å². The largest absolute Gasteiger partial charge is 0.330 e. The number of piperidine rings is 1. The zero-order valence-electron chi connectivity index (χ0n) is 17.6. The molecular formula is C24H30N4O. The number of hydrogen-bond donors (Lipinski definition) is 1. The van der Waals surface area contributed by atoms with Gasteiger partial charge in [0.2, 0.25) is 5.91 Å². The number of hydrogen-bond acceptors (Lipinski definition) is 3. The van der Waals surface area contributed by atoms with E-state index in [1.54, 1.807) is 0 Å². The van der Waals surface area contributed by atoms with E-state index in [0.717, 1.165) is 49.5 Å². The van der Waals surface area contributed by atoms with Crippen LogP contribution in [0.5, 0.6) is 0 Å². The lowest BCUT2D eigenvalue weighted by Gasteiger charge is -2.31. The minimum Gasteiger partial charge on any atom is -0.330 e. The van der Waals surface area contributed by atoms with Crippen LogP contribution in [0, 0.1) is 5.92 Å². The molecule has 152 valence electrons. The third-order valence-electron chi connectivity index (χ3n) is 6.04. The number of para-hydroxylation sites is 3. The fourth-order valence-corrected chi connectivity index (χ4v) is 4.24. The molecule has 0 atom stereocenters. The van der Waals surface area contributed by atoms with Crippen LogP contribution in [0.2, 0.25) is 0 Å². The van der Waals surface area contributed by atoms with Crippen LogP contribution >= 0.6 is 0 Å². The summed E-state index contributed by atoms with van der Waals surface area (Å²) in [4.78, 5) is 20.0. The lowest BCUT2D eigenvalue weighted by molar-refractivity contribution is -0.121. The zero-order valence-corrected chi connectivity index (χ0v) is 17.6. The lowest BCUT2D eigenvalue weighted by atomic mass is 9.95. The van der Waals surface area contributed by atoms with Crippen LogP contribution in [-0.2, 0) is 18.4 Å². The third kappa shape index (κ3) is 4.20. The molecular weight excluding hydrogens is 360 g/mol. The van der Waals surface area contributed by atoms with Crippen LogP contribution < -0.4 is 5.32 Å². The maximum absolute atomic E-state index is 12.8. The van der Waals surface area contributed by atoms with Gasteiger partial charge in [-0.2, -0.15) is 0 Å². The monoisotopic (exact) mass is 390 g/mol. The van der Waals surface area contributed by atoms with Gasteiger partial charge < -0.3 is 9.88 Å². The molecule has 1 amide bonds. The number of carbonyl (C=O) groups is 1. The van der Waals surface area contributed by atoms with Crippen LogP contribution in [0.4, 0.5) is 5.69 Å². The number of nitrogens with zero attached hydrogens (tertiary/aromatic N) is 3. The number of amides is 1. The topological polar surface area (TPSA) is 50.2 Å². The minimum absolute atomic E-state index is 0.0758. The van der Waals surface area contributed by atoms with Gasteiger partial charge >= 0.3 is 0 Å². The number of rotatable bonds is 5. The van der Waals surface area contributed by atoms with Gasteiger partial charge in [0.05, 0.1) is 17.6 Å². The van der Waals surface area contributed by atoms with Crippen molar-refractivity contribution in [2.75, 3.05) is 18.4 Å². The molecule has 5 nitrogen and oxygen atoms in total. The quantitative estimate of drug-likeness (QED) is 0.695. The molecule has 1 fully saturated rings. The molecule has 1 aromatic heterocycles. The highest BCUT2D eigenvalue weighted by Gasteiger charge is 2.26. The van der Waals surface area contributed by atoms with Gasteiger partial charge in [-0.3, -0.25) is 9.69 Å². The predicted octanol–water partition coefficient (Wildman–Crippen LogP) is 4.55. The molecule has 1 aliphatic rings. The minimum atomic E-state index is 0.0758. The van der Waals surface area contributed by atoms with Gasteiger partial charge in [-0.05, 0) is 55.6 Å². The van der Waals surface area contributed by atoms with E-state index in [2.05, 4.69) is 59.9 Å². The number of carbonyl (C=O) groups excluding carboxylic acids is 1. The summed E-state index contributed by atoms with van der Waals surface area (Å²) in [5.74, 6) is 1.70. The Bertz CT molecular complexity index is 999. The standard InChI is InChI=1S/C24H30N4O/c1-17(2)19-8-4-5-9-20(19)26-24(29)18-12-14-28(15-13-18)16-23-25-21-10-6-7-11-22(21)27(23)3/h4-11,17-18H,12-16H2,1-3H3,(H,26,29). The summed E-state index contributed by atoms with van der Waals surface area (Å²) in [5.41, 5.74) is 4.36. The molecule has 2 heterocycles. The lowest BCUT2D eigenvalue weighted by Crippen LogP contribution is -2.38. The second-order valence-corrected chi connectivity index (χ2v) is 8.36. The van der Waals surface area contributed by atoms with E-state index < -0.39 is 0 Å². The van der Waals surface area contributed by atoms with Crippen LogP contribution in [0.3, 0.4) is 0 Å². The predicted molar refractivity (Wildman–Crippen MR) is 118 cm³/mol. The van der Waals surface area contributed by atoms with E-state index in [0.29, 0.717) is 5.92 Å². The molecule has 0 bridgehead atoms. The van der Waals surface area contributed by atoms with E-state index in [1.807, 2.05) is 24.3 Å². The second kappa shape index (κ2) is 8.37. The number of aryl methyl sites for hydroxylation is 1. The van der Waals surface area contributed by atoms with Gasteiger partial charge in [-0.1, -0.05) is 44.2 Å². The summed E-state index contributed by atoms with van der Waals surface area (Å²) in [6, 6.07) is 16.4. The highest BCUT2D eigenvalue weighted by atomic mass is 16.1. The molecule has 5 heteroatoms. The van der Waals surface area contributed by atoms with Crippen LogP contribution in [0.1, 0.15) is 44.0 Å². The Morgan fingerprint density at radius 2 is 1.79 bits per heavy atom. The molecule has 0 radical (unpaired) electrons. The van der Waals surface area contributed by atoms with Gasteiger partial charge in [0, 0.05) is 18.7 Å². The van der Waals surface area contributed by atoms with Gasteiger partial charge in [0.25, 0.3) is 0 Å². The Balaban J connectivity index is 1.35. The van der Waals surface area contributed by atoms with Gasteiger partial charge in [-0.25, -0.2) is 4.98 Å². The van der Waals surface area contributed by atoms with Crippen molar-refractivity contribution in [2.24, 2.45) is 13.0 Å². The fourth-order valence-electron chi connectivity index (χ4n) is 4.24. The molecule has 4 rings (SSSR count). The summed E-state index contributed by atoms with van der Waals surface area (Å²) in [7, 11) is 2.08. The van der Waals surface area contributed by atoms with E-state index >= 15 is 0 Å². The Labute approximate surface area is 172 Å². The summed E-state index contributed by atoms with van der Waals surface area (Å²) in [6.07, 6.45) is 1.78. The second-order valence-electron chi connectivity index (χ2n) is 8.36. The Kier molecular flexibility index (Phi) is 5.67. The maximum Gasteiger partial charge on any atom is 0.227 e. The molecule has 0 unspecified atom stereocenters. The number of likely N-dealkylation sites (tertiary alicyclic amines) is 1. The summed E-state index contributed by atoms with van der Waals surface area (Å²) in [6.45, 7) is 6.99. The molecule has 29 heavy (non-hydrogen) atoms. The number of aromatic nitrogens is 2. The highest BCUT2D eigenvalue weighted by Crippen LogP contribution is 2.26.